The number of carbonyl (C=O) groups is 2. The van der Waals surface area contributed by atoms with Gasteiger partial charge in [0.2, 0.25) is 5.91 Å². The van der Waals surface area contributed by atoms with E-state index in [9.17, 15) is 9.59 Å². The number of Topliss-reactive ketones (excluding diaryl/α,β-unsaturated/α-hetero) is 1. The Balaban J connectivity index is 1.12. The van der Waals surface area contributed by atoms with Gasteiger partial charge in [-0.1, -0.05) is 94.6 Å². The van der Waals surface area contributed by atoms with Gasteiger partial charge in [-0.15, -0.1) is 21.5 Å². The van der Waals surface area contributed by atoms with Gasteiger partial charge in [0.25, 0.3) is 0 Å². The summed E-state index contributed by atoms with van der Waals surface area (Å²) in [5.41, 5.74) is 4.87. The molecule has 2 heterocycles. The van der Waals surface area contributed by atoms with E-state index in [-0.39, 0.29) is 29.0 Å². The van der Waals surface area contributed by atoms with Crippen molar-refractivity contribution in [1.29, 1.82) is 0 Å². The molecule has 1 saturated carbocycles. The van der Waals surface area contributed by atoms with Crippen LogP contribution in [0.2, 0.25) is 0 Å². The minimum Gasteiger partial charge on any atom is -0.326 e. The van der Waals surface area contributed by atoms with E-state index in [0.29, 0.717) is 24.7 Å². The molecule has 2 aliphatic rings. The zero-order valence-corrected chi connectivity index (χ0v) is 29.2. The van der Waals surface area contributed by atoms with Gasteiger partial charge in [-0.05, 0) is 60.6 Å². The van der Waals surface area contributed by atoms with Gasteiger partial charge >= 0.3 is 0 Å². The summed E-state index contributed by atoms with van der Waals surface area (Å²) in [6, 6.07) is 15.8. The summed E-state index contributed by atoms with van der Waals surface area (Å²) in [6.45, 7) is 4.22. The maximum Gasteiger partial charge on any atom is 0.226 e. The Hall–Kier alpha value is -2.08. The van der Waals surface area contributed by atoms with E-state index in [0.717, 1.165) is 73.7 Å². The van der Waals surface area contributed by atoms with E-state index in [1.807, 2.05) is 48.5 Å². The second-order valence-corrected chi connectivity index (χ2v) is 15.5. The number of aromatic nitrogens is 2. The zero-order valence-electron chi connectivity index (χ0n) is 24.4. The van der Waals surface area contributed by atoms with Crippen molar-refractivity contribution in [2.75, 3.05) is 0 Å². The third-order valence-electron chi connectivity index (χ3n) is 8.38. The number of nitrogens with one attached hydrogen (secondary N) is 2. The molecule has 5 atom stereocenters. The maximum absolute atomic E-state index is 13.1. The lowest BCUT2D eigenvalue weighted by Gasteiger charge is -2.27. The number of ketones is 1. The number of hydrazone groups is 1. The van der Waals surface area contributed by atoms with Crippen molar-refractivity contribution in [2.24, 2.45) is 22.9 Å². The average molecular weight is 748 g/mol. The topological polar surface area (TPSA) is 96.3 Å². The molecule has 0 bridgehead atoms. The predicted molar refractivity (Wildman–Crippen MR) is 182 cm³/mol. The Morgan fingerprint density at radius 3 is 2.42 bits per heavy atom. The van der Waals surface area contributed by atoms with E-state index in [2.05, 4.69) is 71.7 Å². The molecular formula is C32H37Br2N5O2S2. The molecule has 1 fully saturated rings. The number of amides is 1. The van der Waals surface area contributed by atoms with Crippen LogP contribution in [0.1, 0.15) is 73.0 Å². The van der Waals surface area contributed by atoms with Crippen molar-refractivity contribution in [1.82, 2.24) is 20.9 Å². The van der Waals surface area contributed by atoms with Crippen LogP contribution in [0.25, 0.3) is 0 Å². The molecular weight excluding hydrogens is 710 g/mol. The van der Waals surface area contributed by atoms with Crippen molar-refractivity contribution in [2.45, 2.75) is 76.6 Å². The number of nitrogens with zero attached hydrogens (tertiary/aromatic N) is 3. The molecule has 11 heteroatoms. The van der Waals surface area contributed by atoms with Crippen molar-refractivity contribution in [3.05, 3.63) is 78.6 Å². The second-order valence-electron chi connectivity index (χ2n) is 11.5. The molecule has 1 amide bonds. The highest BCUT2D eigenvalue weighted by molar-refractivity contribution is 9.10. The van der Waals surface area contributed by atoms with Gasteiger partial charge in [0.15, 0.2) is 5.50 Å². The van der Waals surface area contributed by atoms with Crippen molar-refractivity contribution >= 4 is 71.7 Å². The number of halogens is 2. The van der Waals surface area contributed by atoms with Crippen LogP contribution in [0.5, 0.6) is 0 Å². The molecule has 0 saturated heterocycles. The monoisotopic (exact) mass is 745 g/mol. The summed E-state index contributed by atoms with van der Waals surface area (Å²) in [4.78, 5) is 25.7. The Morgan fingerprint density at radius 1 is 1.02 bits per heavy atom. The summed E-state index contributed by atoms with van der Waals surface area (Å²) >= 11 is 10.3. The number of hydrogen-bond donors (Lipinski definition) is 2. The fourth-order valence-electron chi connectivity index (χ4n) is 5.90. The first-order chi connectivity index (χ1) is 20.8. The molecule has 228 valence electrons. The average Bonchev–Trinajstić information content (AvgIpc) is 3.65. The lowest BCUT2D eigenvalue weighted by atomic mass is 9.82. The fourth-order valence-corrected chi connectivity index (χ4v) is 8.92. The van der Waals surface area contributed by atoms with Crippen LogP contribution < -0.4 is 10.7 Å². The zero-order chi connectivity index (χ0) is 30.3. The number of rotatable bonds is 12. The molecule has 3 aromatic rings. The van der Waals surface area contributed by atoms with E-state index in [1.165, 1.54) is 0 Å². The first-order valence-corrected chi connectivity index (χ1v) is 18.2. The summed E-state index contributed by atoms with van der Waals surface area (Å²) < 4.78 is 1.96. The molecule has 43 heavy (non-hydrogen) atoms. The van der Waals surface area contributed by atoms with E-state index in [1.54, 1.807) is 23.1 Å². The lowest BCUT2D eigenvalue weighted by molar-refractivity contribution is -0.123. The van der Waals surface area contributed by atoms with Crippen LogP contribution in [0.15, 0.2) is 62.6 Å². The van der Waals surface area contributed by atoms with E-state index in [4.69, 9.17) is 0 Å². The molecule has 2 N–H and O–H groups in total. The van der Waals surface area contributed by atoms with Crippen LogP contribution in [-0.2, 0) is 28.9 Å². The SMILES string of the molecule is CCC(Cc1nnc(C2CCCC(C3=NNC(NC(=O)Cc4cccc(Br)c4)S3)C2)s1)C(C)C(=O)Cc1cccc(Br)c1. The molecule has 2 aromatic carbocycles. The Morgan fingerprint density at radius 2 is 1.72 bits per heavy atom. The lowest BCUT2D eigenvalue weighted by Crippen LogP contribution is -2.39. The molecule has 0 spiro atoms. The van der Waals surface area contributed by atoms with Crippen molar-refractivity contribution in [3.63, 3.8) is 0 Å². The minimum atomic E-state index is -0.248. The molecule has 5 rings (SSSR count). The summed E-state index contributed by atoms with van der Waals surface area (Å²) in [6.07, 6.45) is 6.78. The second kappa shape index (κ2) is 15.3. The maximum atomic E-state index is 13.1. The van der Waals surface area contributed by atoms with Gasteiger partial charge in [0, 0.05) is 39.5 Å². The Kier molecular flexibility index (Phi) is 11.5. The quantitative estimate of drug-likeness (QED) is 0.198. The van der Waals surface area contributed by atoms with E-state index >= 15 is 0 Å². The Bertz CT molecular complexity index is 1460. The summed E-state index contributed by atoms with van der Waals surface area (Å²) in [5.74, 6) is 1.14. The van der Waals surface area contributed by atoms with Crippen LogP contribution in [0, 0.1) is 17.8 Å². The first-order valence-electron chi connectivity index (χ1n) is 14.9. The van der Waals surface area contributed by atoms with Crippen molar-refractivity contribution < 1.29 is 9.59 Å². The highest BCUT2D eigenvalue weighted by atomic mass is 79.9. The van der Waals surface area contributed by atoms with Gasteiger partial charge < -0.3 is 5.32 Å². The van der Waals surface area contributed by atoms with Crippen LogP contribution in [0.4, 0.5) is 0 Å². The number of carbonyl (C=O) groups excluding carboxylic acids is 2. The first kappa shape index (κ1) is 32.3. The number of benzene rings is 2. The molecule has 5 unspecified atom stereocenters. The summed E-state index contributed by atoms with van der Waals surface area (Å²) in [7, 11) is 0. The van der Waals surface area contributed by atoms with Gasteiger partial charge in [-0.2, -0.15) is 5.10 Å². The van der Waals surface area contributed by atoms with Crippen LogP contribution in [-0.4, -0.2) is 32.4 Å². The highest BCUT2D eigenvalue weighted by Gasteiger charge is 2.33. The standard InChI is InChI=1S/C32H37Br2N5O2S2/c1-3-22(19(2)27(40)15-20-7-4-11-25(33)13-20)18-29-36-37-30(42-29)23-9-6-10-24(17-23)31-38-39-32(43-31)35-28(41)16-21-8-5-12-26(34)14-21/h4-5,7-8,11-14,19,22-24,32,39H,3,6,9-10,15-18H2,1-2H3,(H,35,41). The third-order valence-corrected chi connectivity index (χ3v) is 11.6. The van der Waals surface area contributed by atoms with Gasteiger partial charge in [-0.25, -0.2) is 0 Å². The third kappa shape index (κ3) is 8.99. The predicted octanol–water partition coefficient (Wildman–Crippen LogP) is 7.65. The fraction of sp³-hybridized carbons (Fsp3) is 0.469. The van der Waals surface area contributed by atoms with Gasteiger partial charge in [0.05, 0.1) is 6.42 Å². The van der Waals surface area contributed by atoms with Crippen LogP contribution >= 0.6 is 55.0 Å². The normalized spacial score (nSPS) is 21.5. The molecule has 1 aliphatic heterocycles. The number of thioether (sulfide) groups is 1. The van der Waals surface area contributed by atoms with E-state index < -0.39 is 0 Å². The van der Waals surface area contributed by atoms with Crippen LogP contribution in [0.3, 0.4) is 0 Å². The molecule has 0 radical (unpaired) electrons. The molecule has 1 aromatic heterocycles. The minimum absolute atomic E-state index is 0.0306. The Labute approximate surface area is 278 Å². The smallest absolute Gasteiger partial charge is 0.226 e. The van der Waals surface area contributed by atoms with Crippen molar-refractivity contribution in [3.8, 4) is 0 Å². The van der Waals surface area contributed by atoms with Gasteiger partial charge in [0.1, 0.15) is 20.8 Å². The molecule has 1 aliphatic carbocycles. The largest absolute Gasteiger partial charge is 0.326 e. The number of hydrogen-bond acceptors (Lipinski definition) is 8. The summed E-state index contributed by atoms with van der Waals surface area (Å²) in [5, 5.41) is 20.0. The highest BCUT2D eigenvalue weighted by Crippen LogP contribution is 2.41. The van der Waals surface area contributed by atoms with Gasteiger partial charge in [-0.3, -0.25) is 15.0 Å². The molecule has 7 nitrogen and oxygen atoms in total.